The fraction of sp³-hybridized carbons (Fsp3) is 0. The summed E-state index contributed by atoms with van der Waals surface area (Å²) >= 11 is 0. The van der Waals surface area contributed by atoms with Gasteiger partial charge in [0.05, 0.1) is 11.2 Å². The van der Waals surface area contributed by atoms with Gasteiger partial charge in [-0.15, -0.1) is 0 Å². The molecule has 31 heavy (non-hydrogen) atoms. The lowest BCUT2D eigenvalue weighted by Crippen LogP contribution is -1.95. The summed E-state index contributed by atoms with van der Waals surface area (Å²) < 4.78 is 11.3. The Balaban J connectivity index is 0.000000171. The second-order valence-electron chi connectivity index (χ2n) is 6.83. The van der Waals surface area contributed by atoms with E-state index in [1.54, 1.807) is 6.08 Å². The van der Waals surface area contributed by atoms with Crippen molar-refractivity contribution in [2.45, 2.75) is 0 Å². The molecule has 3 aromatic carbocycles. The number of hydrogen-bond acceptors (Lipinski definition) is 5. The maximum absolute atomic E-state index is 5.65. The van der Waals surface area contributed by atoms with Gasteiger partial charge in [-0.1, -0.05) is 54.6 Å². The highest BCUT2D eigenvalue weighted by Gasteiger charge is 2.14. The van der Waals surface area contributed by atoms with Crippen molar-refractivity contribution in [3.63, 3.8) is 0 Å². The Morgan fingerprint density at radius 2 is 1.55 bits per heavy atom. The number of benzene rings is 3. The van der Waals surface area contributed by atoms with Crippen LogP contribution < -0.4 is 10.1 Å². The normalized spacial score (nSPS) is 13.6. The zero-order chi connectivity index (χ0) is 20.9. The highest BCUT2D eigenvalue weighted by molar-refractivity contribution is 5.77. The number of nitrogens with zero attached hydrogens (tertiary/aromatic N) is 2. The summed E-state index contributed by atoms with van der Waals surface area (Å²) in [6, 6.07) is 27.6. The monoisotopic (exact) mass is 405 g/mol. The minimum absolute atomic E-state index is 0.573. The molecule has 5 nitrogen and oxygen atoms in total. The van der Waals surface area contributed by atoms with Gasteiger partial charge in [-0.2, -0.15) is 0 Å². The molecular weight excluding hydrogens is 386 g/mol. The van der Waals surface area contributed by atoms with Crippen molar-refractivity contribution in [1.82, 2.24) is 9.97 Å². The first-order valence-electron chi connectivity index (χ1n) is 9.93. The van der Waals surface area contributed by atoms with Gasteiger partial charge in [-0.25, -0.2) is 4.98 Å². The first-order chi connectivity index (χ1) is 15.3. The molecule has 0 saturated heterocycles. The van der Waals surface area contributed by atoms with Gasteiger partial charge in [-0.05, 0) is 42.5 Å². The minimum atomic E-state index is 0.573. The number of para-hydroxylation sites is 5. The number of ether oxygens (including phenoxy) is 1. The molecule has 5 aromatic rings. The minimum Gasteiger partial charge on any atom is -0.439 e. The Bertz CT molecular complexity index is 1280. The molecular formula is C26H19N3O2. The summed E-state index contributed by atoms with van der Waals surface area (Å²) in [6.45, 7) is 0. The Hall–Kier alpha value is -4.38. The number of allylic oxidation sites excluding steroid dienone is 2. The van der Waals surface area contributed by atoms with E-state index in [4.69, 9.17) is 9.15 Å². The molecule has 0 spiro atoms. The summed E-state index contributed by atoms with van der Waals surface area (Å²) in [5.74, 6) is 2.09. The number of pyridine rings is 1. The first kappa shape index (κ1) is 18.6. The average Bonchev–Trinajstić information content (AvgIpc) is 3.43. The number of rotatable bonds is 2. The first-order valence-corrected chi connectivity index (χ1v) is 9.93. The van der Waals surface area contributed by atoms with Crippen LogP contribution in [0.4, 0.5) is 5.69 Å². The maximum atomic E-state index is 5.65. The molecule has 3 heterocycles. The molecule has 0 bridgehead atoms. The third-order valence-electron chi connectivity index (χ3n) is 4.67. The molecule has 0 unspecified atom stereocenters. The van der Waals surface area contributed by atoms with Gasteiger partial charge in [0.25, 0.3) is 0 Å². The number of aromatic nitrogens is 2. The number of nitrogens with one attached hydrogen (secondary N) is 1. The predicted molar refractivity (Wildman–Crippen MR) is 124 cm³/mol. The second kappa shape index (κ2) is 8.55. The van der Waals surface area contributed by atoms with Crippen LogP contribution in [0.5, 0.6) is 5.75 Å². The standard InChI is InChI=1S/C17H12N2O2.C9H7N/c1-3-8-14-12(6-1)18-16(20-14)10-5-11-17-19-13-7-2-4-9-15(13)21-17;1-2-6-9-8(4-1)5-3-7-10-9/h1-11,18H;1-7H. The van der Waals surface area contributed by atoms with Crippen LogP contribution in [0.2, 0.25) is 0 Å². The van der Waals surface area contributed by atoms with Gasteiger partial charge in [0.1, 0.15) is 5.52 Å². The predicted octanol–water partition coefficient (Wildman–Crippen LogP) is 6.42. The number of hydrogen-bond donors (Lipinski definition) is 1. The van der Waals surface area contributed by atoms with E-state index < -0.39 is 0 Å². The SMILES string of the molecule is C(=Cc1nc2ccccc2o1)C=C1Nc2ccccc2O1.c1ccc2ncccc2c1. The van der Waals surface area contributed by atoms with Crippen molar-refractivity contribution in [3.8, 4) is 5.75 Å². The molecule has 0 fully saturated rings. The third-order valence-corrected chi connectivity index (χ3v) is 4.67. The summed E-state index contributed by atoms with van der Waals surface area (Å²) in [4.78, 5) is 8.55. The fourth-order valence-electron chi connectivity index (χ4n) is 3.21. The molecule has 6 rings (SSSR count). The summed E-state index contributed by atoms with van der Waals surface area (Å²) in [6.07, 6.45) is 7.30. The molecule has 0 saturated carbocycles. The highest BCUT2D eigenvalue weighted by Crippen LogP contribution is 2.32. The van der Waals surface area contributed by atoms with Crippen molar-refractivity contribution >= 4 is 33.8 Å². The zero-order valence-corrected chi connectivity index (χ0v) is 16.6. The van der Waals surface area contributed by atoms with Crippen LogP contribution in [0.3, 0.4) is 0 Å². The van der Waals surface area contributed by atoms with E-state index >= 15 is 0 Å². The van der Waals surface area contributed by atoms with Crippen molar-refractivity contribution in [3.05, 3.63) is 115 Å². The Kier molecular flexibility index (Phi) is 5.14. The van der Waals surface area contributed by atoms with Crippen molar-refractivity contribution in [2.75, 3.05) is 5.32 Å². The van der Waals surface area contributed by atoms with Crippen LogP contribution >= 0.6 is 0 Å². The molecule has 1 N–H and O–H groups in total. The van der Waals surface area contributed by atoms with E-state index in [0.717, 1.165) is 28.1 Å². The number of oxazole rings is 1. The molecule has 2 aromatic heterocycles. The largest absolute Gasteiger partial charge is 0.439 e. The summed E-state index contributed by atoms with van der Waals surface area (Å²) in [5, 5.41) is 4.38. The lowest BCUT2D eigenvalue weighted by molar-refractivity contribution is 0.457. The third kappa shape index (κ3) is 4.31. The molecule has 0 aliphatic carbocycles. The van der Waals surface area contributed by atoms with Gasteiger partial charge in [0.15, 0.2) is 17.2 Å². The van der Waals surface area contributed by atoms with E-state index in [-0.39, 0.29) is 0 Å². The quantitative estimate of drug-likeness (QED) is 0.367. The number of anilines is 1. The topological polar surface area (TPSA) is 60.2 Å². The molecule has 5 heteroatoms. The van der Waals surface area contributed by atoms with Crippen LogP contribution in [0.15, 0.2) is 114 Å². The van der Waals surface area contributed by atoms with Gasteiger partial charge in [0, 0.05) is 17.7 Å². The Morgan fingerprint density at radius 3 is 2.42 bits per heavy atom. The van der Waals surface area contributed by atoms with Crippen LogP contribution in [-0.4, -0.2) is 9.97 Å². The van der Waals surface area contributed by atoms with Crippen molar-refractivity contribution < 1.29 is 9.15 Å². The van der Waals surface area contributed by atoms with Crippen LogP contribution in [0.1, 0.15) is 5.89 Å². The van der Waals surface area contributed by atoms with Crippen LogP contribution in [0.25, 0.3) is 28.1 Å². The smallest absolute Gasteiger partial charge is 0.219 e. The van der Waals surface area contributed by atoms with Crippen LogP contribution in [0, 0.1) is 0 Å². The molecule has 0 radical (unpaired) electrons. The van der Waals surface area contributed by atoms with Gasteiger partial charge in [0.2, 0.25) is 5.89 Å². The van der Waals surface area contributed by atoms with E-state index in [2.05, 4.69) is 27.4 Å². The summed E-state index contributed by atoms with van der Waals surface area (Å²) in [5.41, 5.74) is 3.67. The van der Waals surface area contributed by atoms with E-state index in [0.29, 0.717) is 11.8 Å². The number of fused-ring (bicyclic) bond motifs is 3. The van der Waals surface area contributed by atoms with Crippen LogP contribution in [-0.2, 0) is 0 Å². The van der Waals surface area contributed by atoms with Gasteiger partial charge >= 0.3 is 0 Å². The zero-order valence-electron chi connectivity index (χ0n) is 16.6. The lowest BCUT2D eigenvalue weighted by Gasteiger charge is -1.94. The fourth-order valence-corrected chi connectivity index (χ4v) is 3.21. The second-order valence-corrected chi connectivity index (χ2v) is 6.83. The van der Waals surface area contributed by atoms with Crippen molar-refractivity contribution in [1.29, 1.82) is 0 Å². The highest BCUT2D eigenvalue weighted by atomic mass is 16.5. The maximum Gasteiger partial charge on any atom is 0.219 e. The summed E-state index contributed by atoms with van der Waals surface area (Å²) in [7, 11) is 0. The lowest BCUT2D eigenvalue weighted by atomic mass is 10.2. The average molecular weight is 405 g/mol. The van der Waals surface area contributed by atoms with Gasteiger partial charge < -0.3 is 14.5 Å². The molecule has 0 amide bonds. The molecule has 150 valence electrons. The van der Waals surface area contributed by atoms with E-state index in [9.17, 15) is 0 Å². The molecule has 0 atom stereocenters. The van der Waals surface area contributed by atoms with Crippen molar-refractivity contribution in [2.24, 2.45) is 0 Å². The van der Waals surface area contributed by atoms with E-state index in [1.807, 2.05) is 91.1 Å². The van der Waals surface area contributed by atoms with Gasteiger partial charge in [-0.3, -0.25) is 4.98 Å². The molecule has 1 aliphatic heterocycles. The van der Waals surface area contributed by atoms with E-state index in [1.165, 1.54) is 5.39 Å². The Morgan fingerprint density at radius 1 is 0.774 bits per heavy atom. The molecule has 1 aliphatic rings. The Labute approximate surface area is 179 Å².